The van der Waals surface area contributed by atoms with Gasteiger partial charge in [-0.25, -0.2) is 8.42 Å². The van der Waals surface area contributed by atoms with Crippen molar-refractivity contribution in [2.75, 3.05) is 11.6 Å². The second-order valence-electron chi connectivity index (χ2n) is 4.76. The molecule has 0 saturated carbocycles. The molecular formula is C12H13N5O3S. The maximum absolute atomic E-state index is 12.1. The van der Waals surface area contributed by atoms with E-state index in [1.165, 1.54) is 10.5 Å². The van der Waals surface area contributed by atoms with E-state index in [-0.39, 0.29) is 19.0 Å². The van der Waals surface area contributed by atoms with E-state index in [2.05, 4.69) is 20.5 Å². The zero-order valence-electron chi connectivity index (χ0n) is 11.2. The molecule has 1 amide bonds. The molecule has 0 bridgehead atoms. The maximum Gasteiger partial charge on any atom is 0.258 e. The highest BCUT2D eigenvalue weighted by molar-refractivity contribution is 7.88. The van der Waals surface area contributed by atoms with Crippen molar-refractivity contribution in [3.8, 4) is 0 Å². The fourth-order valence-electron chi connectivity index (χ4n) is 2.13. The van der Waals surface area contributed by atoms with Crippen molar-refractivity contribution in [1.29, 1.82) is 0 Å². The lowest BCUT2D eigenvalue weighted by atomic mass is 10.2. The third-order valence-electron chi connectivity index (χ3n) is 3.25. The molecule has 1 aliphatic rings. The molecule has 21 heavy (non-hydrogen) atoms. The predicted molar refractivity (Wildman–Crippen MR) is 74.9 cm³/mol. The van der Waals surface area contributed by atoms with Gasteiger partial charge in [-0.1, -0.05) is 0 Å². The van der Waals surface area contributed by atoms with Crippen LogP contribution >= 0.6 is 0 Å². The number of carbonyl (C=O) groups is 1. The molecule has 2 aromatic heterocycles. The van der Waals surface area contributed by atoms with E-state index in [0.29, 0.717) is 22.6 Å². The zero-order valence-corrected chi connectivity index (χ0v) is 12.0. The summed E-state index contributed by atoms with van der Waals surface area (Å²) in [6, 6.07) is 3.30. The van der Waals surface area contributed by atoms with Crippen molar-refractivity contribution < 1.29 is 13.2 Å². The largest absolute Gasteiger partial charge is 0.305 e. The SMILES string of the molecule is CS(=O)(=O)N1Cc2[nH]nc(NC(=O)c3cccnc3)c2C1. The maximum atomic E-state index is 12.1. The highest BCUT2D eigenvalue weighted by Crippen LogP contribution is 2.28. The molecule has 0 aliphatic carbocycles. The standard InChI is InChI=1S/C12H13N5O3S/c1-21(19,20)17-6-9-10(7-17)15-16-11(9)14-12(18)8-3-2-4-13-5-8/h2-5H,6-7H2,1H3,(H2,14,15,16,18). The molecule has 0 aromatic carbocycles. The molecule has 0 radical (unpaired) electrons. The Labute approximate surface area is 121 Å². The summed E-state index contributed by atoms with van der Waals surface area (Å²) >= 11 is 0. The lowest BCUT2D eigenvalue weighted by Crippen LogP contribution is -2.24. The van der Waals surface area contributed by atoms with Gasteiger partial charge in [0.1, 0.15) is 0 Å². The molecule has 3 rings (SSSR count). The lowest BCUT2D eigenvalue weighted by molar-refractivity contribution is 0.102. The zero-order chi connectivity index (χ0) is 15.0. The summed E-state index contributed by atoms with van der Waals surface area (Å²) < 4.78 is 24.4. The minimum atomic E-state index is -3.27. The van der Waals surface area contributed by atoms with Crippen LogP contribution in [0.2, 0.25) is 0 Å². The number of nitrogens with zero attached hydrogens (tertiary/aromatic N) is 3. The number of aromatic amines is 1. The Bertz CT molecular complexity index is 784. The number of anilines is 1. The Morgan fingerprint density at radius 1 is 1.43 bits per heavy atom. The number of pyridine rings is 1. The molecule has 0 spiro atoms. The molecule has 2 aromatic rings. The summed E-state index contributed by atoms with van der Waals surface area (Å²) in [6.07, 6.45) is 4.18. The van der Waals surface area contributed by atoms with E-state index >= 15 is 0 Å². The van der Waals surface area contributed by atoms with E-state index < -0.39 is 10.0 Å². The van der Waals surface area contributed by atoms with Crippen molar-refractivity contribution in [3.05, 3.63) is 41.3 Å². The van der Waals surface area contributed by atoms with Crippen LogP contribution in [-0.4, -0.2) is 40.1 Å². The Hall–Kier alpha value is -2.26. The fraction of sp³-hybridized carbons (Fsp3) is 0.250. The summed E-state index contributed by atoms with van der Waals surface area (Å²) in [4.78, 5) is 15.9. The molecule has 9 heteroatoms. The van der Waals surface area contributed by atoms with Crippen LogP contribution in [0.3, 0.4) is 0 Å². The van der Waals surface area contributed by atoms with Gasteiger partial charge < -0.3 is 5.32 Å². The first kappa shape index (κ1) is 13.7. The number of carbonyl (C=O) groups excluding carboxylic acids is 1. The third kappa shape index (κ3) is 2.65. The molecule has 0 atom stereocenters. The van der Waals surface area contributed by atoms with Crippen LogP contribution in [0.4, 0.5) is 5.82 Å². The molecule has 1 aliphatic heterocycles. The van der Waals surface area contributed by atoms with Gasteiger partial charge in [0, 0.05) is 24.5 Å². The minimum Gasteiger partial charge on any atom is -0.305 e. The van der Waals surface area contributed by atoms with E-state index in [1.54, 1.807) is 18.3 Å². The third-order valence-corrected chi connectivity index (χ3v) is 4.44. The van der Waals surface area contributed by atoms with Gasteiger partial charge in [-0.05, 0) is 12.1 Å². The van der Waals surface area contributed by atoms with Crippen molar-refractivity contribution in [3.63, 3.8) is 0 Å². The van der Waals surface area contributed by atoms with E-state index in [0.717, 1.165) is 6.26 Å². The smallest absolute Gasteiger partial charge is 0.258 e. The van der Waals surface area contributed by atoms with Gasteiger partial charge in [-0.15, -0.1) is 0 Å². The Morgan fingerprint density at radius 2 is 2.24 bits per heavy atom. The van der Waals surface area contributed by atoms with E-state index in [1.807, 2.05) is 0 Å². The van der Waals surface area contributed by atoms with Crippen LogP contribution in [0.25, 0.3) is 0 Å². The number of fused-ring (bicyclic) bond motifs is 1. The van der Waals surface area contributed by atoms with Crippen LogP contribution < -0.4 is 5.32 Å². The number of amides is 1. The van der Waals surface area contributed by atoms with Crippen LogP contribution in [0, 0.1) is 0 Å². The van der Waals surface area contributed by atoms with Gasteiger partial charge in [-0.3, -0.25) is 14.9 Å². The van der Waals surface area contributed by atoms with Gasteiger partial charge in [0.2, 0.25) is 10.0 Å². The molecule has 0 unspecified atom stereocenters. The summed E-state index contributed by atoms with van der Waals surface area (Å²) in [6.45, 7) is 0.442. The van der Waals surface area contributed by atoms with Gasteiger partial charge in [0.15, 0.2) is 5.82 Å². The second kappa shape index (κ2) is 4.93. The quantitative estimate of drug-likeness (QED) is 0.849. The number of hydrogen-bond donors (Lipinski definition) is 2. The number of H-pyrrole nitrogens is 1. The van der Waals surface area contributed by atoms with Crippen molar-refractivity contribution >= 4 is 21.7 Å². The molecule has 0 fully saturated rings. The first-order valence-electron chi connectivity index (χ1n) is 6.18. The molecule has 8 nitrogen and oxygen atoms in total. The Balaban J connectivity index is 1.80. The van der Waals surface area contributed by atoms with Crippen LogP contribution in [-0.2, 0) is 23.1 Å². The van der Waals surface area contributed by atoms with Gasteiger partial charge >= 0.3 is 0 Å². The molecule has 3 heterocycles. The topological polar surface area (TPSA) is 108 Å². The first-order valence-corrected chi connectivity index (χ1v) is 8.02. The average Bonchev–Trinajstić information content (AvgIpc) is 3.01. The molecular weight excluding hydrogens is 294 g/mol. The van der Waals surface area contributed by atoms with Crippen molar-refractivity contribution in [2.45, 2.75) is 13.1 Å². The predicted octanol–water partition coefficient (Wildman–Crippen LogP) is 0.332. The number of aromatic nitrogens is 3. The number of nitrogens with one attached hydrogen (secondary N) is 2. The number of hydrogen-bond acceptors (Lipinski definition) is 5. The summed E-state index contributed by atoms with van der Waals surface area (Å²) in [5, 5.41) is 9.45. The summed E-state index contributed by atoms with van der Waals surface area (Å²) in [7, 11) is -3.27. The molecule has 2 N–H and O–H groups in total. The van der Waals surface area contributed by atoms with Crippen LogP contribution in [0.15, 0.2) is 24.5 Å². The number of sulfonamides is 1. The summed E-state index contributed by atoms with van der Waals surface area (Å²) in [5.74, 6) is 0.0141. The van der Waals surface area contributed by atoms with Gasteiger partial charge in [0.25, 0.3) is 5.91 Å². The van der Waals surface area contributed by atoms with Crippen molar-refractivity contribution in [1.82, 2.24) is 19.5 Å². The highest BCUT2D eigenvalue weighted by atomic mass is 32.2. The lowest BCUT2D eigenvalue weighted by Gasteiger charge is -2.11. The van der Waals surface area contributed by atoms with Crippen LogP contribution in [0.1, 0.15) is 21.6 Å². The normalized spacial score (nSPS) is 14.9. The first-order chi connectivity index (χ1) is 9.95. The summed E-state index contributed by atoms with van der Waals surface area (Å²) in [5.41, 5.74) is 1.80. The van der Waals surface area contributed by atoms with E-state index in [9.17, 15) is 13.2 Å². The monoisotopic (exact) mass is 307 g/mol. The number of rotatable bonds is 3. The van der Waals surface area contributed by atoms with Gasteiger partial charge in [0.05, 0.1) is 24.1 Å². The second-order valence-corrected chi connectivity index (χ2v) is 6.74. The van der Waals surface area contributed by atoms with E-state index in [4.69, 9.17) is 0 Å². The molecule has 0 saturated heterocycles. The highest BCUT2D eigenvalue weighted by Gasteiger charge is 2.30. The Kier molecular flexibility index (Phi) is 3.22. The molecule has 110 valence electrons. The van der Waals surface area contributed by atoms with Crippen molar-refractivity contribution in [2.24, 2.45) is 0 Å². The van der Waals surface area contributed by atoms with Gasteiger partial charge in [-0.2, -0.15) is 9.40 Å². The van der Waals surface area contributed by atoms with Crippen LogP contribution in [0.5, 0.6) is 0 Å². The average molecular weight is 307 g/mol. The minimum absolute atomic E-state index is 0.202. The Morgan fingerprint density at radius 3 is 2.90 bits per heavy atom. The fourth-order valence-corrected chi connectivity index (χ4v) is 2.85.